The first-order valence-corrected chi connectivity index (χ1v) is 11.4. The summed E-state index contributed by atoms with van der Waals surface area (Å²) in [4.78, 5) is 29.4. The number of hydrogen-bond acceptors (Lipinski definition) is 7. The summed E-state index contributed by atoms with van der Waals surface area (Å²) >= 11 is 3.41. The van der Waals surface area contributed by atoms with Crippen LogP contribution in [-0.4, -0.2) is 33.3 Å². The average Bonchev–Trinajstić information content (AvgIpc) is 2.89. The molecule has 2 aromatic carbocycles. The van der Waals surface area contributed by atoms with Crippen molar-refractivity contribution in [3.8, 4) is 28.1 Å². The van der Waals surface area contributed by atoms with E-state index < -0.39 is 0 Å². The van der Waals surface area contributed by atoms with Gasteiger partial charge in [-0.2, -0.15) is 10.1 Å². The first kappa shape index (κ1) is 22.4. The van der Waals surface area contributed by atoms with Crippen LogP contribution in [0.25, 0.3) is 33.4 Å². The number of nitrogens with one attached hydrogen (secondary N) is 2. The highest BCUT2D eigenvalue weighted by molar-refractivity contribution is 9.10. The number of pyridine rings is 2. The summed E-state index contributed by atoms with van der Waals surface area (Å²) in [5.74, 6) is 0.864. The molecule has 0 aliphatic carbocycles. The highest BCUT2D eigenvalue weighted by Crippen LogP contribution is 2.31. The topological polar surface area (TPSA) is 105 Å². The number of aromatic amines is 1. The minimum atomic E-state index is -0.334. The van der Waals surface area contributed by atoms with Gasteiger partial charge in [0.2, 0.25) is 5.95 Å². The van der Waals surface area contributed by atoms with E-state index >= 15 is 0 Å². The molecule has 0 atom stereocenters. The highest BCUT2D eigenvalue weighted by Gasteiger charge is 2.15. The third-order valence-electron chi connectivity index (χ3n) is 5.27. The molecule has 5 rings (SSSR count). The fourth-order valence-electron chi connectivity index (χ4n) is 3.59. The minimum absolute atomic E-state index is 0.184. The van der Waals surface area contributed by atoms with Crippen LogP contribution in [-0.2, 0) is 0 Å². The van der Waals surface area contributed by atoms with Gasteiger partial charge < -0.3 is 4.74 Å². The van der Waals surface area contributed by atoms with Gasteiger partial charge in [0.1, 0.15) is 5.75 Å². The smallest absolute Gasteiger partial charge is 0.262 e. The first-order chi connectivity index (χ1) is 17.1. The molecule has 0 saturated carbocycles. The monoisotopic (exact) mass is 526 g/mol. The lowest BCUT2D eigenvalue weighted by Crippen LogP contribution is -2.13. The molecule has 0 fully saturated rings. The van der Waals surface area contributed by atoms with Gasteiger partial charge in [-0.15, -0.1) is 0 Å². The fraction of sp³-hybridized carbons (Fsp3) is 0.0385. The van der Waals surface area contributed by atoms with Crippen LogP contribution < -0.4 is 15.7 Å². The lowest BCUT2D eigenvalue weighted by atomic mass is 10.0. The van der Waals surface area contributed by atoms with Crippen LogP contribution in [0.1, 0.15) is 5.56 Å². The van der Waals surface area contributed by atoms with Crippen molar-refractivity contribution in [3.63, 3.8) is 0 Å². The van der Waals surface area contributed by atoms with E-state index in [4.69, 9.17) is 4.74 Å². The van der Waals surface area contributed by atoms with Crippen LogP contribution >= 0.6 is 15.9 Å². The quantitative estimate of drug-likeness (QED) is 0.231. The maximum Gasteiger partial charge on any atom is 0.262 e. The minimum Gasteiger partial charge on any atom is -0.497 e. The Morgan fingerprint density at radius 3 is 2.63 bits per heavy atom. The number of halogens is 1. The van der Waals surface area contributed by atoms with E-state index in [1.807, 2.05) is 66.7 Å². The number of hydrogen-bond donors (Lipinski definition) is 2. The summed E-state index contributed by atoms with van der Waals surface area (Å²) in [6.07, 6.45) is 5.05. The largest absolute Gasteiger partial charge is 0.497 e. The average molecular weight is 527 g/mol. The number of ether oxygens (including phenoxy) is 1. The fourth-order valence-corrected chi connectivity index (χ4v) is 3.85. The van der Waals surface area contributed by atoms with E-state index in [0.29, 0.717) is 22.4 Å². The molecule has 9 heteroatoms. The van der Waals surface area contributed by atoms with E-state index in [0.717, 1.165) is 21.2 Å². The van der Waals surface area contributed by atoms with Gasteiger partial charge in [-0.3, -0.25) is 14.8 Å². The molecule has 0 aliphatic heterocycles. The molecule has 0 bridgehead atoms. The molecule has 0 amide bonds. The molecule has 8 nitrogen and oxygen atoms in total. The Hall–Kier alpha value is -4.37. The number of anilines is 1. The molecule has 0 spiro atoms. The van der Waals surface area contributed by atoms with Gasteiger partial charge in [0.05, 0.1) is 24.4 Å². The van der Waals surface area contributed by atoms with Crippen molar-refractivity contribution in [1.29, 1.82) is 0 Å². The number of rotatable bonds is 6. The van der Waals surface area contributed by atoms with Crippen LogP contribution in [0, 0.1) is 0 Å². The lowest BCUT2D eigenvalue weighted by Gasteiger charge is -2.11. The third kappa shape index (κ3) is 4.95. The molecule has 0 aliphatic rings. The summed E-state index contributed by atoms with van der Waals surface area (Å²) in [7, 11) is 1.60. The standard InChI is InChI=1S/C26H19BrN6O2/c1-35-20-6-2-4-17(12-20)21-13-22(18-5-3-11-28-15-18)30-24-23(21)25(34)32-26(31-24)33-29-14-16-7-9-19(27)10-8-16/h2-15H,1H3,(H2,30,31,32,33,34). The zero-order valence-corrected chi connectivity index (χ0v) is 20.2. The van der Waals surface area contributed by atoms with Gasteiger partial charge in [-0.05, 0) is 53.6 Å². The van der Waals surface area contributed by atoms with Gasteiger partial charge in [0, 0.05) is 28.0 Å². The highest BCUT2D eigenvalue weighted by atomic mass is 79.9. The second kappa shape index (κ2) is 9.86. The van der Waals surface area contributed by atoms with E-state index in [9.17, 15) is 4.79 Å². The van der Waals surface area contributed by atoms with Gasteiger partial charge in [-0.25, -0.2) is 10.4 Å². The maximum atomic E-state index is 13.2. The van der Waals surface area contributed by atoms with Crippen LogP contribution in [0.2, 0.25) is 0 Å². The molecule has 3 aromatic heterocycles. The van der Waals surface area contributed by atoms with E-state index in [2.05, 4.69) is 46.4 Å². The first-order valence-electron chi connectivity index (χ1n) is 10.7. The SMILES string of the molecule is COc1cccc(-c2cc(-c3cccnc3)nc3nc(NN=Cc4ccc(Br)cc4)[nH]c(=O)c23)c1. The number of benzene rings is 2. The molecular weight excluding hydrogens is 508 g/mol. The summed E-state index contributed by atoms with van der Waals surface area (Å²) in [5, 5.41) is 4.56. The van der Waals surface area contributed by atoms with Crippen molar-refractivity contribution in [2.24, 2.45) is 5.10 Å². The Bertz CT molecular complexity index is 1580. The number of fused-ring (bicyclic) bond motifs is 1. The Morgan fingerprint density at radius 2 is 1.86 bits per heavy atom. The van der Waals surface area contributed by atoms with E-state index in [1.165, 1.54) is 0 Å². The van der Waals surface area contributed by atoms with Gasteiger partial charge >= 0.3 is 0 Å². The van der Waals surface area contributed by atoms with Crippen molar-refractivity contribution in [2.45, 2.75) is 0 Å². The molecule has 2 N–H and O–H groups in total. The molecule has 0 unspecified atom stereocenters. The normalized spacial score (nSPS) is 11.1. The number of H-pyrrole nitrogens is 1. The van der Waals surface area contributed by atoms with E-state index in [1.54, 1.807) is 25.7 Å². The van der Waals surface area contributed by atoms with Crippen molar-refractivity contribution in [1.82, 2.24) is 19.9 Å². The molecule has 5 aromatic rings. The number of methoxy groups -OCH3 is 1. The Balaban J connectivity index is 1.62. The molecule has 0 radical (unpaired) electrons. The molecule has 3 heterocycles. The summed E-state index contributed by atoms with van der Waals surface area (Å²) in [5.41, 5.74) is 6.59. The predicted molar refractivity (Wildman–Crippen MR) is 141 cm³/mol. The van der Waals surface area contributed by atoms with Crippen molar-refractivity contribution < 1.29 is 4.74 Å². The summed E-state index contributed by atoms with van der Waals surface area (Å²) in [6, 6.07) is 20.8. The number of nitrogens with zero attached hydrogens (tertiary/aromatic N) is 4. The zero-order valence-electron chi connectivity index (χ0n) is 18.6. The number of aromatic nitrogens is 4. The predicted octanol–water partition coefficient (Wildman–Crippen LogP) is 5.26. The Morgan fingerprint density at radius 1 is 1.03 bits per heavy atom. The summed E-state index contributed by atoms with van der Waals surface area (Å²) in [6.45, 7) is 0. The van der Waals surface area contributed by atoms with E-state index in [-0.39, 0.29) is 17.2 Å². The van der Waals surface area contributed by atoms with Gasteiger partial charge in [-0.1, -0.05) is 40.2 Å². The molecular formula is C26H19BrN6O2. The molecule has 0 saturated heterocycles. The molecule has 172 valence electrons. The summed E-state index contributed by atoms with van der Waals surface area (Å²) < 4.78 is 6.36. The van der Waals surface area contributed by atoms with Gasteiger partial charge in [0.15, 0.2) is 5.65 Å². The maximum absolute atomic E-state index is 13.2. The Labute approximate surface area is 208 Å². The number of hydrazone groups is 1. The van der Waals surface area contributed by atoms with Crippen LogP contribution in [0.15, 0.2) is 93.5 Å². The van der Waals surface area contributed by atoms with Crippen molar-refractivity contribution in [3.05, 3.63) is 99.5 Å². The lowest BCUT2D eigenvalue weighted by molar-refractivity contribution is 0.415. The van der Waals surface area contributed by atoms with Crippen LogP contribution in [0.5, 0.6) is 5.75 Å². The molecule has 35 heavy (non-hydrogen) atoms. The van der Waals surface area contributed by atoms with Crippen molar-refractivity contribution >= 4 is 39.1 Å². The van der Waals surface area contributed by atoms with Gasteiger partial charge in [0.25, 0.3) is 5.56 Å². The second-order valence-corrected chi connectivity index (χ2v) is 8.48. The third-order valence-corrected chi connectivity index (χ3v) is 5.80. The van der Waals surface area contributed by atoms with Crippen LogP contribution in [0.3, 0.4) is 0 Å². The zero-order chi connectivity index (χ0) is 24.2. The Kier molecular flexibility index (Phi) is 6.32. The second-order valence-electron chi connectivity index (χ2n) is 7.56. The van der Waals surface area contributed by atoms with Crippen molar-refractivity contribution in [2.75, 3.05) is 12.5 Å². The van der Waals surface area contributed by atoms with Crippen LogP contribution in [0.4, 0.5) is 5.95 Å².